The van der Waals surface area contributed by atoms with Gasteiger partial charge in [-0.25, -0.2) is 4.99 Å². The zero-order valence-electron chi connectivity index (χ0n) is 8.04. The van der Waals surface area contributed by atoms with Crippen LogP contribution in [0.5, 0.6) is 0 Å². The minimum atomic E-state index is 0.267. The van der Waals surface area contributed by atoms with Gasteiger partial charge in [0.25, 0.3) is 0 Å². The predicted octanol–water partition coefficient (Wildman–Crippen LogP) is 1.44. The van der Waals surface area contributed by atoms with Crippen molar-refractivity contribution in [1.82, 2.24) is 0 Å². The van der Waals surface area contributed by atoms with Crippen LogP contribution in [0.15, 0.2) is 9.98 Å². The fourth-order valence-corrected chi connectivity index (χ4v) is 1.26. The van der Waals surface area contributed by atoms with Gasteiger partial charge in [-0.1, -0.05) is 20.8 Å². The summed E-state index contributed by atoms with van der Waals surface area (Å²) in [6.45, 7) is 7.44. The lowest BCUT2D eigenvalue weighted by atomic mass is 9.79. The van der Waals surface area contributed by atoms with E-state index < -0.39 is 0 Å². The second-order valence-electron chi connectivity index (χ2n) is 4.28. The van der Waals surface area contributed by atoms with Crippen molar-refractivity contribution in [3.8, 4) is 0 Å². The number of nitrogens with two attached hydrogens (primary N) is 1. The Morgan fingerprint density at radius 3 is 2.75 bits per heavy atom. The van der Waals surface area contributed by atoms with Crippen molar-refractivity contribution in [3.63, 3.8) is 0 Å². The third kappa shape index (κ3) is 2.32. The summed E-state index contributed by atoms with van der Waals surface area (Å²) in [5.74, 6) is 0.907. The summed E-state index contributed by atoms with van der Waals surface area (Å²) in [5.41, 5.74) is 5.76. The maximum atomic E-state index is 5.49. The minimum Gasteiger partial charge on any atom is -0.368 e. The molecule has 0 aromatic rings. The van der Waals surface area contributed by atoms with Gasteiger partial charge in [0.15, 0.2) is 0 Å². The second kappa shape index (κ2) is 3.25. The molecule has 1 aliphatic rings. The van der Waals surface area contributed by atoms with Crippen LogP contribution >= 0.6 is 0 Å². The van der Waals surface area contributed by atoms with Gasteiger partial charge in [0.05, 0.1) is 0 Å². The van der Waals surface area contributed by atoms with Crippen LogP contribution in [0.1, 0.15) is 27.2 Å². The second-order valence-corrected chi connectivity index (χ2v) is 4.28. The lowest BCUT2D eigenvalue weighted by Crippen LogP contribution is -2.22. The molecule has 0 fully saturated rings. The normalized spacial score (nSPS) is 24.9. The highest BCUT2D eigenvalue weighted by Gasteiger charge is 2.23. The number of aliphatic imine (C=N–C) groups is 2. The van der Waals surface area contributed by atoms with Crippen molar-refractivity contribution in [2.45, 2.75) is 27.2 Å². The van der Waals surface area contributed by atoms with Gasteiger partial charge in [0.1, 0.15) is 0 Å². The van der Waals surface area contributed by atoms with Crippen LogP contribution in [-0.4, -0.2) is 18.7 Å². The summed E-state index contributed by atoms with van der Waals surface area (Å²) in [6, 6.07) is 0. The molecule has 1 atom stereocenters. The molecule has 1 heterocycles. The summed E-state index contributed by atoms with van der Waals surface area (Å²) in [5, 5.41) is 0. The van der Waals surface area contributed by atoms with E-state index in [0.717, 1.165) is 13.0 Å². The third-order valence-corrected chi connectivity index (χ3v) is 2.21. The lowest BCUT2D eigenvalue weighted by molar-refractivity contribution is 0.307. The molecule has 1 aliphatic heterocycles. The maximum Gasteiger partial charge on any atom is 0.214 e. The van der Waals surface area contributed by atoms with E-state index in [4.69, 9.17) is 5.73 Å². The highest BCUT2D eigenvalue weighted by molar-refractivity contribution is 5.87. The summed E-state index contributed by atoms with van der Waals surface area (Å²) >= 11 is 0. The smallest absolute Gasteiger partial charge is 0.214 e. The quantitative estimate of drug-likeness (QED) is 0.583. The Morgan fingerprint density at radius 1 is 1.50 bits per heavy atom. The first-order valence-corrected chi connectivity index (χ1v) is 4.34. The van der Waals surface area contributed by atoms with E-state index in [9.17, 15) is 0 Å². The fraction of sp³-hybridized carbons (Fsp3) is 0.778. The molecule has 1 unspecified atom stereocenters. The van der Waals surface area contributed by atoms with Crippen LogP contribution in [0.4, 0.5) is 0 Å². The molecule has 0 aromatic carbocycles. The number of nitrogens with zero attached hydrogens (tertiary/aromatic N) is 2. The van der Waals surface area contributed by atoms with E-state index in [0.29, 0.717) is 11.9 Å². The Balaban J connectivity index is 2.68. The number of hydrogen-bond donors (Lipinski definition) is 1. The number of hydrogen-bond acceptors (Lipinski definition) is 3. The molecule has 3 heteroatoms. The summed E-state index contributed by atoms with van der Waals surface area (Å²) < 4.78 is 0. The molecular weight excluding hydrogens is 150 g/mol. The van der Waals surface area contributed by atoms with Gasteiger partial charge in [0.2, 0.25) is 5.96 Å². The van der Waals surface area contributed by atoms with Gasteiger partial charge >= 0.3 is 0 Å². The Bertz CT molecular complexity index is 210. The Morgan fingerprint density at radius 2 is 2.17 bits per heavy atom. The Kier molecular flexibility index (Phi) is 2.50. The van der Waals surface area contributed by atoms with Gasteiger partial charge in [0, 0.05) is 18.7 Å². The van der Waals surface area contributed by atoms with Crippen LogP contribution in [0.3, 0.4) is 0 Å². The van der Waals surface area contributed by atoms with Crippen LogP contribution in [-0.2, 0) is 0 Å². The zero-order chi connectivity index (χ0) is 9.19. The molecule has 1 rings (SSSR count). The summed E-state index contributed by atoms with van der Waals surface area (Å²) in [4.78, 5) is 8.16. The van der Waals surface area contributed by atoms with E-state index in [1.807, 2.05) is 6.21 Å². The molecule has 0 bridgehead atoms. The van der Waals surface area contributed by atoms with Crippen molar-refractivity contribution in [1.29, 1.82) is 0 Å². The molecular formula is C9H17N3. The predicted molar refractivity (Wildman–Crippen MR) is 52.5 cm³/mol. The third-order valence-electron chi connectivity index (χ3n) is 2.21. The number of rotatable bonds is 0. The first-order chi connectivity index (χ1) is 5.50. The first-order valence-electron chi connectivity index (χ1n) is 4.34. The van der Waals surface area contributed by atoms with Gasteiger partial charge in [-0.05, 0) is 11.8 Å². The van der Waals surface area contributed by atoms with Crippen LogP contribution in [0, 0.1) is 11.3 Å². The Labute approximate surface area is 73.8 Å². The average molecular weight is 167 g/mol. The molecule has 3 nitrogen and oxygen atoms in total. The molecule has 0 aliphatic carbocycles. The van der Waals surface area contributed by atoms with E-state index in [-0.39, 0.29) is 5.41 Å². The molecule has 2 N–H and O–H groups in total. The summed E-state index contributed by atoms with van der Waals surface area (Å²) in [6.07, 6.45) is 2.99. The molecule has 0 amide bonds. The standard InChI is InChI=1S/C9H17N3/c1-9(2,3)7-4-5-11-8(10)12-6-7/h6-7H,4-5H2,1-3H3,(H2,10,11). The van der Waals surface area contributed by atoms with Gasteiger partial charge in [-0.3, -0.25) is 4.99 Å². The topological polar surface area (TPSA) is 50.7 Å². The maximum absolute atomic E-state index is 5.49. The van der Waals surface area contributed by atoms with E-state index in [2.05, 4.69) is 30.8 Å². The Hall–Kier alpha value is -0.860. The molecule has 0 saturated carbocycles. The van der Waals surface area contributed by atoms with Crippen molar-refractivity contribution in [2.75, 3.05) is 6.54 Å². The molecule has 0 saturated heterocycles. The first kappa shape index (κ1) is 9.23. The largest absolute Gasteiger partial charge is 0.368 e. The average Bonchev–Trinajstić information content (AvgIpc) is 2.11. The van der Waals surface area contributed by atoms with Gasteiger partial charge < -0.3 is 5.73 Å². The van der Waals surface area contributed by atoms with E-state index in [1.54, 1.807) is 0 Å². The molecule has 0 spiro atoms. The minimum absolute atomic E-state index is 0.267. The van der Waals surface area contributed by atoms with Crippen molar-refractivity contribution in [2.24, 2.45) is 27.1 Å². The molecule has 12 heavy (non-hydrogen) atoms. The highest BCUT2D eigenvalue weighted by Crippen LogP contribution is 2.27. The van der Waals surface area contributed by atoms with Crippen molar-refractivity contribution >= 4 is 12.2 Å². The van der Waals surface area contributed by atoms with Crippen LogP contribution < -0.4 is 5.73 Å². The van der Waals surface area contributed by atoms with Crippen LogP contribution in [0.25, 0.3) is 0 Å². The fourth-order valence-electron chi connectivity index (χ4n) is 1.26. The van der Waals surface area contributed by atoms with Gasteiger partial charge in [-0.15, -0.1) is 0 Å². The monoisotopic (exact) mass is 167 g/mol. The zero-order valence-corrected chi connectivity index (χ0v) is 8.04. The lowest BCUT2D eigenvalue weighted by Gasteiger charge is -2.25. The highest BCUT2D eigenvalue weighted by atomic mass is 15.0. The van der Waals surface area contributed by atoms with Crippen LogP contribution in [0.2, 0.25) is 0 Å². The number of guanidine groups is 1. The SMILES string of the molecule is CC(C)(C)C1C=NC(N)=NCC1. The summed E-state index contributed by atoms with van der Waals surface area (Å²) in [7, 11) is 0. The molecule has 0 radical (unpaired) electrons. The van der Waals surface area contributed by atoms with Crippen molar-refractivity contribution < 1.29 is 0 Å². The van der Waals surface area contributed by atoms with Crippen molar-refractivity contribution in [3.05, 3.63) is 0 Å². The van der Waals surface area contributed by atoms with E-state index in [1.165, 1.54) is 0 Å². The molecule has 0 aromatic heterocycles. The van der Waals surface area contributed by atoms with Gasteiger partial charge in [-0.2, -0.15) is 0 Å². The van der Waals surface area contributed by atoms with E-state index >= 15 is 0 Å². The molecule has 68 valence electrons.